The molecule has 5 nitrogen and oxygen atoms in total. The third-order valence-corrected chi connectivity index (χ3v) is 2.26. The second-order valence-corrected chi connectivity index (χ2v) is 4.23. The van der Waals surface area contributed by atoms with Crippen LogP contribution in [0.15, 0.2) is 24.3 Å². The van der Waals surface area contributed by atoms with Crippen molar-refractivity contribution in [3.05, 3.63) is 24.3 Å². The lowest BCUT2D eigenvalue weighted by atomic mass is 10.4. The first-order chi connectivity index (χ1) is 8.49. The van der Waals surface area contributed by atoms with Gasteiger partial charge in [-0.25, -0.2) is 4.79 Å². The van der Waals surface area contributed by atoms with Crippen LogP contribution in [0, 0.1) is 0 Å². The van der Waals surface area contributed by atoms with Gasteiger partial charge < -0.3 is 15.1 Å². The van der Waals surface area contributed by atoms with Crippen molar-refractivity contribution in [1.29, 1.82) is 0 Å². The van der Waals surface area contributed by atoms with E-state index in [0.717, 1.165) is 6.08 Å². The van der Waals surface area contributed by atoms with Gasteiger partial charge in [0.05, 0.1) is 6.61 Å². The Morgan fingerprint density at radius 3 is 2.00 bits per heavy atom. The zero-order valence-corrected chi connectivity index (χ0v) is 13.2. The number of carbonyl (C=O) groups is 2. The number of aliphatic carboxylic acids is 1. The van der Waals surface area contributed by atoms with Crippen LogP contribution in [0.5, 0.6) is 0 Å². The van der Waals surface area contributed by atoms with Crippen LogP contribution in [0.25, 0.3) is 0 Å². The highest BCUT2D eigenvalue weighted by molar-refractivity contribution is 9.09. The number of carboxylic acids is 1. The lowest BCUT2D eigenvalue weighted by molar-refractivity contribution is -0.131. The summed E-state index contributed by atoms with van der Waals surface area (Å²) in [5.74, 6) is -0.988. The van der Waals surface area contributed by atoms with E-state index in [9.17, 15) is 9.59 Å². The molecule has 0 spiro atoms. The molecule has 0 saturated carbocycles. The van der Waals surface area contributed by atoms with Gasteiger partial charge in [0.2, 0.25) is 5.91 Å². The highest BCUT2D eigenvalue weighted by Gasteiger charge is 2.01. The number of hydrogen-bond acceptors (Lipinski definition) is 3. The molecule has 1 amide bonds. The van der Waals surface area contributed by atoms with E-state index in [0.29, 0.717) is 17.2 Å². The molecule has 0 rings (SSSR count). The fourth-order valence-electron chi connectivity index (χ4n) is 0.678. The first-order valence-corrected chi connectivity index (χ1v) is 7.27. The zero-order valence-electron chi connectivity index (χ0n) is 10.1. The Kier molecular flexibility index (Phi) is 15.7. The van der Waals surface area contributed by atoms with E-state index >= 15 is 0 Å². The van der Waals surface area contributed by atoms with E-state index in [-0.39, 0.29) is 12.5 Å². The van der Waals surface area contributed by atoms with Gasteiger partial charge in [-0.05, 0) is 6.08 Å². The summed E-state index contributed by atoms with van der Waals surface area (Å²) in [4.78, 5) is 22.1. The summed E-state index contributed by atoms with van der Waals surface area (Å²) in [6.45, 7) is 0.385. The maximum Gasteiger partial charge on any atom is 0.328 e. The molecule has 0 atom stereocenters. The molecular weight excluding hydrogens is 370 g/mol. The van der Waals surface area contributed by atoms with E-state index in [1.807, 2.05) is 0 Å². The Morgan fingerprint density at radius 1 is 1.17 bits per heavy atom. The molecule has 0 radical (unpaired) electrons. The minimum absolute atomic E-state index is 0.00436. The fraction of sp³-hybridized carbons (Fsp3) is 0.455. The van der Waals surface area contributed by atoms with Crippen molar-refractivity contribution in [2.75, 3.05) is 30.9 Å². The topological polar surface area (TPSA) is 77.8 Å². The molecule has 0 saturated heterocycles. The molecule has 0 aliphatic rings. The number of aliphatic hydroxyl groups excluding tert-OH is 1. The second-order valence-electron chi connectivity index (χ2n) is 2.93. The van der Waals surface area contributed by atoms with Crippen molar-refractivity contribution in [2.45, 2.75) is 0 Å². The van der Waals surface area contributed by atoms with Crippen molar-refractivity contribution in [3.8, 4) is 0 Å². The molecule has 104 valence electrons. The molecule has 0 aliphatic heterocycles. The lowest BCUT2D eigenvalue weighted by Gasteiger charge is -2.12. The summed E-state index contributed by atoms with van der Waals surface area (Å²) in [6, 6.07) is 0. The van der Waals surface area contributed by atoms with Crippen LogP contribution in [0.4, 0.5) is 0 Å². The summed E-state index contributed by atoms with van der Waals surface area (Å²) >= 11 is 6.19. The number of alkyl halides is 2. The van der Waals surface area contributed by atoms with E-state index < -0.39 is 5.97 Å². The third kappa shape index (κ3) is 15.3. The van der Waals surface area contributed by atoms with Gasteiger partial charge in [-0.1, -0.05) is 44.0 Å². The van der Waals surface area contributed by atoms with Gasteiger partial charge in [-0.15, -0.1) is 0 Å². The predicted molar refractivity (Wildman–Crippen MR) is 78.2 cm³/mol. The lowest BCUT2D eigenvalue weighted by Crippen LogP contribution is -2.27. The number of halogens is 2. The van der Waals surface area contributed by atoms with E-state index in [1.54, 1.807) is 13.1 Å². The van der Waals surface area contributed by atoms with Gasteiger partial charge >= 0.3 is 5.97 Å². The molecule has 0 bridgehead atoms. The van der Waals surface area contributed by atoms with Crippen LogP contribution in [-0.2, 0) is 9.59 Å². The maximum atomic E-state index is 11.0. The summed E-state index contributed by atoms with van der Waals surface area (Å²) < 4.78 is 0. The smallest absolute Gasteiger partial charge is 0.328 e. The van der Waals surface area contributed by atoms with E-state index in [4.69, 9.17) is 10.2 Å². The minimum Gasteiger partial charge on any atom is -0.478 e. The molecule has 7 heteroatoms. The molecule has 2 N–H and O–H groups in total. The number of amides is 1. The van der Waals surface area contributed by atoms with Crippen LogP contribution in [-0.4, -0.2) is 57.8 Å². The van der Waals surface area contributed by atoms with E-state index in [1.165, 1.54) is 17.1 Å². The molecule has 18 heavy (non-hydrogen) atoms. The van der Waals surface area contributed by atoms with Gasteiger partial charge in [0, 0.05) is 30.3 Å². The predicted octanol–water partition coefficient (Wildman–Crippen LogP) is 1.41. The number of likely N-dealkylation sites (N-methyl/N-ethyl adjacent to an activating group) is 1. The number of carbonyl (C=O) groups excluding carboxylic acids is 1. The maximum absolute atomic E-state index is 11.0. The Balaban J connectivity index is 0. The van der Waals surface area contributed by atoms with E-state index in [2.05, 4.69) is 31.9 Å². The number of allylic oxidation sites excluding steroid dienone is 2. The SMILES string of the molecule is CN(CCO)C(=O)/C=C/CBr.O=C(O)/C=C/CBr. The Morgan fingerprint density at radius 2 is 1.67 bits per heavy atom. The molecular formula is C11H17Br2NO4. The number of hydrogen-bond donors (Lipinski definition) is 2. The summed E-state index contributed by atoms with van der Waals surface area (Å²) in [5, 5.41) is 17.7. The summed E-state index contributed by atoms with van der Waals surface area (Å²) in [7, 11) is 1.65. The van der Waals surface area contributed by atoms with Crippen molar-refractivity contribution in [1.82, 2.24) is 4.90 Å². The van der Waals surface area contributed by atoms with Crippen molar-refractivity contribution in [2.24, 2.45) is 0 Å². The zero-order chi connectivity index (χ0) is 14.4. The Bertz CT molecular complexity index is 293. The van der Waals surface area contributed by atoms with Crippen LogP contribution < -0.4 is 0 Å². The van der Waals surface area contributed by atoms with Crippen molar-refractivity contribution < 1.29 is 19.8 Å². The molecule has 0 aliphatic carbocycles. The van der Waals surface area contributed by atoms with Gasteiger partial charge in [0.15, 0.2) is 0 Å². The van der Waals surface area contributed by atoms with Gasteiger partial charge in [-0.3, -0.25) is 4.79 Å². The highest BCUT2D eigenvalue weighted by Crippen LogP contribution is 1.88. The molecule has 0 heterocycles. The largest absolute Gasteiger partial charge is 0.478 e. The van der Waals surface area contributed by atoms with Crippen LogP contribution in [0.3, 0.4) is 0 Å². The highest BCUT2D eigenvalue weighted by atomic mass is 79.9. The van der Waals surface area contributed by atoms with Gasteiger partial charge in [0.1, 0.15) is 0 Å². The average molecular weight is 387 g/mol. The van der Waals surface area contributed by atoms with Crippen LogP contribution in [0.2, 0.25) is 0 Å². The number of nitrogens with zero attached hydrogens (tertiary/aromatic N) is 1. The number of aliphatic hydroxyl groups is 1. The summed E-state index contributed by atoms with van der Waals surface area (Å²) in [6.07, 6.45) is 5.80. The number of rotatable bonds is 6. The molecule has 0 aromatic carbocycles. The fourth-order valence-corrected chi connectivity index (χ4v) is 1.05. The first-order valence-electron chi connectivity index (χ1n) is 5.03. The molecule has 0 aromatic rings. The van der Waals surface area contributed by atoms with Crippen LogP contribution in [0.1, 0.15) is 0 Å². The average Bonchev–Trinajstić information content (AvgIpc) is 2.34. The molecule has 0 fully saturated rings. The van der Waals surface area contributed by atoms with Crippen molar-refractivity contribution >= 4 is 43.7 Å². The third-order valence-electron chi connectivity index (χ3n) is 1.51. The standard InChI is InChI=1S/C7H12BrNO2.C4H5BrO2/c1-9(5-6-10)7(11)3-2-4-8;5-3-1-2-4(6)7/h2-3,10H,4-6H2,1H3;1-2H,3H2,(H,6,7)/b3-2+;2-1+. The minimum atomic E-state index is -0.903. The summed E-state index contributed by atoms with van der Waals surface area (Å²) in [5.41, 5.74) is 0. The van der Waals surface area contributed by atoms with Gasteiger partial charge in [0.25, 0.3) is 0 Å². The van der Waals surface area contributed by atoms with Crippen LogP contribution >= 0.6 is 31.9 Å². The molecule has 0 unspecified atom stereocenters. The second kappa shape index (κ2) is 14.4. The van der Waals surface area contributed by atoms with Gasteiger partial charge in [-0.2, -0.15) is 0 Å². The Hall–Kier alpha value is -0.660. The number of carboxylic acid groups (broad SMARTS) is 1. The Labute approximate surface area is 123 Å². The first kappa shape index (κ1) is 19.7. The normalized spacial score (nSPS) is 10.2. The molecule has 0 aromatic heterocycles. The quantitative estimate of drug-likeness (QED) is 0.534. The monoisotopic (exact) mass is 385 g/mol. The van der Waals surface area contributed by atoms with Crippen molar-refractivity contribution in [3.63, 3.8) is 0 Å².